The molecule has 1 aliphatic rings. The summed E-state index contributed by atoms with van der Waals surface area (Å²) in [5, 5.41) is 13.8. The Morgan fingerprint density at radius 1 is 1.20 bits per heavy atom. The molecule has 2 amide bonds. The molecule has 0 radical (unpaired) electrons. The zero-order valence-corrected chi connectivity index (χ0v) is 13.7. The van der Waals surface area contributed by atoms with Crippen molar-refractivity contribution >= 4 is 28.9 Å². The molecular formula is C18H17N3O4. The van der Waals surface area contributed by atoms with Gasteiger partial charge in [0.15, 0.2) is 0 Å². The molecule has 0 aromatic heterocycles. The summed E-state index contributed by atoms with van der Waals surface area (Å²) in [4.78, 5) is 36.8. The van der Waals surface area contributed by atoms with Gasteiger partial charge in [0.05, 0.1) is 16.3 Å². The van der Waals surface area contributed by atoms with Gasteiger partial charge in [-0.3, -0.25) is 19.7 Å². The third kappa shape index (κ3) is 3.21. The molecule has 0 bridgehead atoms. The first-order valence-electron chi connectivity index (χ1n) is 7.94. The number of carbonyl (C=O) groups is 2. The van der Waals surface area contributed by atoms with Crippen LogP contribution in [-0.4, -0.2) is 23.3 Å². The highest BCUT2D eigenvalue weighted by molar-refractivity contribution is 6.09. The zero-order valence-electron chi connectivity index (χ0n) is 13.7. The van der Waals surface area contributed by atoms with Crippen LogP contribution in [0.1, 0.15) is 28.8 Å². The first-order valence-corrected chi connectivity index (χ1v) is 7.94. The molecule has 25 heavy (non-hydrogen) atoms. The molecule has 0 atom stereocenters. The molecule has 2 aromatic carbocycles. The molecule has 3 rings (SSSR count). The SMILES string of the molecule is Cc1c(C(=O)Nc2ccccc2N2CCCC2=O)cccc1[N+](=O)[O-]. The Bertz CT molecular complexity index is 863. The second kappa shape index (κ2) is 6.72. The van der Waals surface area contributed by atoms with E-state index >= 15 is 0 Å². The van der Waals surface area contributed by atoms with Crippen LogP contribution in [0.2, 0.25) is 0 Å². The first kappa shape index (κ1) is 16.6. The molecule has 1 heterocycles. The highest BCUT2D eigenvalue weighted by Crippen LogP contribution is 2.30. The second-order valence-electron chi connectivity index (χ2n) is 5.83. The number of carbonyl (C=O) groups excluding carboxylic acids is 2. The topological polar surface area (TPSA) is 92.6 Å². The Balaban J connectivity index is 1.91. The van der Waals surface area contributed by atoms with E-state index in [1.165, 1.54) is 12.1 Å². The predicted octanol–water partition coefficient (Wildman–Crippen LogP) is 3.28. The molecule has 2 aromatic rings. The lowest BCUT2D eigenvalue weighted by Gasteiger charge is -2.20. The van der Waals surface area contributed by atoms with E-state index in [9.17, 15) is 19.7 Å². The lowest BCUT2D eigenvalue weighted by molar-refractivity contribution is -0.385. The molecule has 0 saturated carbocycles. The van der Waals surface area contributed by atoms with E-state index in [1.807, 2.05) is 0 Å². The molecule has 0 spiro atoms. The molecule has 0 unspecified atom stereocenters. The summed E-state index contributed by atoms with van der Waals surface area (Å²) >= 11 is 0. The summed E-state index contributed by atoms with van der Waals surface area (Å²) in [5.41, 5.74) is 1.59. The van der Waals surface area contributed by atoms with Crippen LogP contribution in [0, 0.1) is 17.0 Å². The largest absolute Gasteiger partial charge is 0.320 e. The van der Waals surface area contributed by atoms with Gasteiger partial charge < -0.3 is 10.2 Å². The van der Waals surface area contributed by atoms with Crippen LogP contribution in [-0.2, 0) is 4.79 Å². The molecule has 0 aliphatic carbocycles. The number of nitrogens with one attached hydrogen (secondary N) is 1. The summed E-state index contributed by atoms with van der Waals surface area (Å²) in [6.45, 7) is 2.16. The fourth-order valence-corrected chi connectivity index (χ4v) is 2.97. The number of rotatable bonds is 4. The number of benzene rings is 2. The summed E-state index contributed by atoms with van der Waals surface area (Å²) in [6, 6.07) is 11.4. The Morgan fingerprint density at radius 3 is 2.64 bits per heavy atom. The van der Waals surface area contributed by atoms with E-state index in [1.54, 1.807) is 42.2 Å². The number of anilines is 2. The minimum atomic E-state index is -0.511. The van der Waals surface area contributed by atoms with Crippen molar-refractivity contribution in [2.24, 2.45) is 0 Å². The molecule has 7 nitrogen and oxygen atoms in total. The molecule has 1 saturated heterocycles. The maximum absolute atomic E-state index is 12.6. The Kier molecular flexibility index (Phi) is 4.47. The molecule has 1 aliphatic heterocycles. The maximum Gasteiger partial charge on any atom is 0.273 e. The summed E-state index contributed by atoms with van der Waals surface area (Å²) in [6.07, 6.45) is 1.28. The van der Waals surface area contributed by atoms with Crippen molar-refractivity contribution in [2.45, 2.75) is 19.8 Å². The Morgan fingerprint density at radius 2 is 1.96 bits per heavy atom. The minimum absolute atomic E-state index is 0.0215. The maximum atomic E-state index is 12.6. The summed E-state index contributed by atoms with van der Waals surface area (Å²) < 4.78 is 0. The van der Waals surface area contributed by atoms with Crippen molar-refractivity contribution < 1.29 is 14.5 Å². The van der Waals surface area contributed by atoms with E-state index in [4.69, 9.17) is 0 Å². The normalized spacial score (nSPS) is 13.8. The molecular weight excluding hydrogens is 322 g/mol. The van der Waals surface area contributed by atoms with E-state index in [2.05, 4.69) is 5.32 Å². The average Bonchev–Trinajstić information content (AvgIpc) is 3.01. The van der Waals surface area contributed by atoms with E-state index < -0.39 is 10.8 Å². The summed E-state index contributed by atoms with van der Waals surface area (Å²) in [7, 11) is 0. The van der Waals surface area contributed by atoms with Gasteiger partial charge >= 0.3 is 0 Å². The highest BCUT2D eigenvalue weighted by Gasteiger charge is 2.25. The van der Waals surface area contributed by atoms with Gasteiger partial charge in [0.25, 0.3) is 11.6 Å². The minimum Gasteiger partial charge on any atom is -0.320 e. The van der Waals surface area contributed by atoms with Crippen LogP contribution < -0.4 is 10.2 Å². The second-order valence-corrected chi connectivity index (χ2v) is 5.83. The Hall–Kier alpha value is -3.22. The quantitative estimate of drug-likeness (QED) is 0.683. The molecule has 128 valence electrons. The van der Waals surface area contributed by atoms with Gasteiger partial charge in [-0.05, 0) is 31.5 Å². The van der Waals surface area contributed by atoms with Crippen molar-refractivity contribution in [3.05, 3.63) is 63.7 Å². The van der Waals surface area contributed by atoms with Gasteiger partial charge in [-0.15, -0.1) is 0 Å². The molecule has 1 fully saturated rings. The monoisotopic (exact) mass is 339 g/mol. The van der Waals surface area contributed by atoms with Crippen molar-refractivity contribution in [1.82, 2.24) is 0 Å². The van der Waals surface area contributed by atoms with Gasteiger partial charge in [0.1, 0.15) is 0 Å². The van der Waals surface area contributed by atoms with Crippen LogP contribution in [0.15, 0.2) is 42.5 Å². The predicted molar refractivity (Wildman–Crippen MR) is 93.8 cm³/mol. The highest BCUT2D eigenvalue weighted by atomic mass is 16.6. The van der Waals surface area contributed by atoms with Crippen molar-refractivity contribution in [3.8, 4) is 0 Å². The van der Waals surface area contributed by atoms with E-state index in [0.717, 1.165) is 6.42 Å². The fourth-order valence-electron chi connectivity index (χ4n) is 2.97. The average molecular weight is 339 g/mol. The van der Waals surface area contributed by atoms with Crippen LogP contribution in [0.3, 0.4) is 0 Å². The van der Waals surface area contributed by atoms with Crippen LogP contribution in [0.4, 0.5) is 17.1 Å². The number of nitro benzene ring substituents is 1. The standard InChI is InChI=1S/C18H17N3O4/c1-12-13(6-4-9-15(12)21(24)25)18(23)19-14-7-2-3-8-16(14)20-11-5-10-17(20)22/h2-4,6-9H,5,10-11H2,1H3,(H,19,23). The van der Waals surface area contributed by atoms with E-state index in [0.29, 0.717) is 29.9 Å². The third-order valence-corrected chi connectivity index (χ3v) is 4.26. The van der Waals surface area contributed by atoms with Crippen LogP contribution in [0.5, 0.6) is 0 Å². The lowest BCUT2D eigenvalue weighted by atomic mass is 10.1. The number of nitrogens with zero attached hydrogens (tertiary/aromatic N) is 2. The summed E-state index contributed by atoms with van der Waals surface area (Å²) in [5.74, 6) is -0.423. The molecule has 1 N–H and O–H groups in total. The van der Waals surface area contributed by atoms with Crippen molar-refractivity contribution in [1.29, 1.82) is 0 Å². The molecule has 7 heteroatoms. The van der Waals surface area contributed by atoms with E-state index in [-0.39, 0.29) is 17.2 Å². The number of nitro groups is 1. The number of hydrogen-bond acceptors (Lipinski definition) is 4. The number of amides is 2. The van der Waals surface area contributed by atoms with Crippen molar-refractivity contribution in [3.63, 3.8) is 0 Å². The number of hydrogen-bond donors (Lipinski definition) is 1. The van der Waals surface area contributed by atoms with Gasteiger partial charge in [0.2, 0.25) is 5.91 Å². The third-order valence-electron chi connectivity index (χ3n) is 4.26. The first-order chi connectivity index (χ1) is 12.0. The van der Waals surface area contributed by atoms with Gasteiger partial charge in [-0.2, -0.15) is 0 Å². The van der Waals surface area contributed by atoms with Gasteiger partial charge in [0, 0.05) is 30.2 Å². The van der Waals surface area contributed by atoms with Crippen LogP contribution in [0.25, 0.3) is 0 Å². The zero-order chi connectivity index (χ0) is 18.0. The smallest absolute Gasteiger partial charge is 0.273 e. The van der Waals surface area contributed by atoms with Crippen molar-refractivity contribution in [2.75, 3.05) is 16.8 Å². The number of para-hydroxylation sites is 2. The van der Waals surface area contributed by atoms with Crippen LogP contribution >= 0.6 is 0 Å². The lowest BCUT2D eigenvalue weighted by Crippen LogP contribution is -2.25. The Labute approximate surface area is 144 Å². The van der Waals surface area contributed by atoms with Gasteiger partial charge in [-0.1, -0.05) is 18.2 Å². The fraction of sp³-hybridized carbons (Fsp3) is 0.222. The van der Waals surface area contributed by atoms with Gasteiger partial charge in [-0.25, -0.2) is 0 Å².